The highest BCUT2D eigenvalue weighted by Crippen LogP contribution is 2.41. The molecule has 1 amide bonds. The maximum absolute atomic E-state index is 10.8. The minimum atomic E-state index is 0.167. The Hall–Kier alpha value is -0.570. The highest BCUT2D eigenvalue weighted by atomic mass is 16.2. The lowest BCUT2D eigenvalue weighted by Crippen LogP contribution is -2.54. The van der Waals surface area contributed by atoms with Gasteiger partial charge in [-0.25, -0.2) is 0 Å². The fourth-order valence-corrected chi connectivity index (χ4v) is 1.54. The van der Waals surface area contributed by atoms with E-state index in [2.05, 4.69) is 10.2 Å². The molecule has 0 aromatic heterocycles. The van der Waals surface area contributed by atoms with E-state index in [-0.39, 0.29) is 5.91 Å². The SMILES string of the molecule is CN1CC(=O)NCC12CC2. The first-order chi connectivity index (χ1) is 4.73. The fourth-order valence-electron chi connectivity index (χ4n) is 1.54. The van der Waals surface area contributed by atoms with Crippen molar-refractivity contribution in [3.63, 3.8) is 0 Å². The van der Waals surface area contributed by atoms with Crippen LogP contribution in [0.3, 0.4) is 0 Å². The van der Waals surface area contributed by atoms with Gasteiger partial charge in [-0.2, -0.15) is 0 Å². The molecule has 0 radical (unpaired) electrons. The van der Waals surface area contributed by atoms with Crippen LogP contribution in [-0.4, -0.2) is 36.5 Å². The summed E-state index contributed by atoms with van der Waals surface area (Å²) in [6.45, 7) is 1.45. The van der Waals surface area contributed by atoms with Gasteiger partial charge in [0.25, 0.3) is 0 Å². The summed E-state index contributed by atoms with van der Waals surface area (Å²) in [6.07, 6.45) is 2.51. The Morgan fingerprint density at radius 1 is 1.60 bits per heavy atom. The molecule has 0 aromatic carbocycles. The molecule has 10 heavy (non-hydrogen) atoms. The second-order valence-electron chi connectivity index (χ2n) is 3.36. The normalized spacial score (nSPS) is 30.3. The van der Waals surface area contributed by atoms with Crippen molar-refractivity contribution in [2.75, 3.05) is 20.1 Å². The van der Waals surface area contributed by atoms with E-state index >= 15 is 0 Å². The van der Waals surface area contributed by atoms with Gasteiger partial charge in [-0.1, -0.05) is 0 Å². The molecule has 1 saturated carbocycles. The van der Waals surface area contributed by atoms with E-state index in [1.807, 2.05) is 7.05 Å². The molecule has 0 unspecified atom stereocenters. The lowest BCUT2D eigenvalue weighted by Gasteiger charge is -2.32. The average Bonchev–Trinajstić information content (AvgIpc) is 2.62. The lowest BCUT2D eigenvalue weighted by atomic mass is 10.2. The van der Waals surface area contributed by atoms with Crippen molar-refractivity contribution in [2.24, 2.45) is 0 Å². The van der Waals surface area contributed by atoms with E-state index in [9.17, 15) is 4.79 Å². The molecule has 1 spiro atoms. The molecule has 2 fully saturated rings. The van der Waals surface area contributed by atoms with Crippen molar-refractivity contribution in [3.8, 4) is 0 Å². The number of hydrogen-bond acceptors (Lipinski definition) is 2. The second kappa shape index (κ2) is 1.72. The van der Waals surface area contributed by atoms with Gasteiger partial charge in [0.05, 0.1) is 6.54 Å². The van der Waals surface area contributed by atoms with Gasteiger partial charge in [0.2, 0.25) is 5.91 Å². The molecule has 1 saturated heterocycles. The minimum Gasteiger partial charge on any atom is -0.353 e. The zero-order valence-corrected chi connectivity index (χ0v) is 6.18. The molecule has 0 bridgehead atoms. The number of rotatable bonds is 0. The highest BCUT2D eigenvalue weighted by molar-refractivity contribution is 5.79. The summed E-state index contributed by atoms with van der Waals surface area (Å²) in [5, 5.41) is 2.88. The van der Waals surface area contributed by atoms with Crippen molar-refractivity contribution >= 4 is 5.91 Å². The number of carbonyl (C=O) groups is 1. The Morgan fingerprint density at radius 2 is 2.30 bits per heavy atom. The standard InChI is InChI=1S/C7H12N2O/c1-9-4-6(10)8-5-7(9)2-3-7/h2-5H2,1H3,(H,8,10). The number of hydrogen-bond donors (Lipinski definition) is 1. The molecular weight excluding hydrogens is 128 g/mol. The van der Waals surface area contributed by atoms with Crippen LogP contribution in [0.2, 0.25) is 0 Å². The van der Waals surface area contributed by atoms with E-state index in [0.29, 0.717) is 12.1 Å². The first-order valence-corrected chi connectivity index (χ1v) is 3.71. The fraction of sp³-hybridized carbons (Fsp3) is 0.857. The van der Waals surface area contributed by atoms with Crippen LogP contribution in [0.15, 0.2) is 0 Å². The van der Waals surface area contributed by atoms with Crippen LogP contribution in [0.4, 0.5) is 0 Å². The summed E-state index contributed by atoms with van der Waals surface area (Å²) in [7, 11) is 2.03. The van der Waals surface area contributed by atoms with Gasteiger partial charge in [0.1, 0.15) is 0 Å². The third kappa shape index (κ3) is 0.736. The van der Waals surface area contributed by atoms with Crippen LogP contribution < -0.4 is 5.32 Å². The van der Waals surface area contributed by atoms with Crippen LogP contribution in [0, 0.1) is 0 Å². The molecule has 1 aliphatic heterocycles. The summed E-state index contributed by atoms with van der Waals surface area (Å²) < 4.78 is 0. The third-order valence-electron chi connectivity index (χ3n) is 2.63. The molecule has 2 rings (SSSR count). The largest absolute Gasteiger partial charge is 0.353 e. The van der Waals surface area contributed by atoms with Crippen molar-refractivity contribution in [3.05, 3.63) is 0 Å². The second-order valence-corrected chi connectivity index (χ2v) is 3.36. The van der Waals surface area contributed by atoms with Gasteiger partial charge in [0.15, 0.2) is 0 Å². The first kappa shape index (κ1) is 6.16. The van der Waals surface area contributed by atoms with Crippen LogP contribution in [0.5, 0.6) is 0 Å². The van der Waals surface area contributed by atoms with E-state index < -0.39 is 0 Å². The third-order valence-corrected chi connectivity index (χ3v) is 2.63. The predicted octanol–water partition coefficient (Wildman–Crippen LogP) is -0.419. The molecule has 2 aliphatic rings. The highest BCUT2D eigenvalue weighted by Gasteiger charge is 2.48. The molecule has 56 valence electrons. The zero-order chi connectivity index (χ0) is 7.19. The summed E-state index contributed by atoms with van der Waals surface area (Å²) in [6, 6.07) is 0. The number of nitrogens with zero attached hydrogens (tertiary/aromatic N) is 1. The number of piperazine rings is 1. The van der Waals surface area contributed by atoms with Crippen molar-refractivity contribution in [1.82, 2.24) is 10.2 Å². The van der Waals surface area contributed by atoms with Gasteiger partial charge in [-0.05, 0) is 19.9 Å². The number of carbonyl (C=O) groups excluding carboxylic acids is 1. The quantitative estimate of drug-likeness (QED) is 0.495. The summed E-state index contributed by atoms with van der Waals surface area (Å²) >= 11 is 0. The molecular formula is C7H12N2O. The Labute approximate surface area is 60.4 Å². The molecule has 1 aliphatic carbocycles. The van der Waals surface area contributed by atoms with Gasteiger partial charge in [-0.15, -0.1) is 0 Å². The van der Waals surface area contributed by atoms with E-state index in [0.717, 1.165) is 6.54 Å². The lowest BCUT2D eigenvalue weighted by molar-refractivity contribution is -0.125. The van der Waals surface area contributed by atoms with Crippen molar-refractivity contribution < 1.29 is 4.79 Å². The molecule has 3 nitrogen and oxygen atoms in total. The van der Waals surface area contributed by atoms with Gasteiger partial charge >= 0.3 is 0 Å². The van der Waals surface area contributed by atoms with Crippen LogP contribution in [0.25, 0.3) is 0 Å². The Morgan fingerprint density at radius 3 is 2.80 bits per heavy atom. The molecule has 1 N–H and O–H groups in total. The van der Waals surface area contributed by atoms with Gasteiger partial charge in [0, 0.05) is 12.1 Å². The molecule has 0 atom stereocenters. The molecule has 1 heterocycles. The van der Waals surface area contributed by atoms with Crippen molar-refractivity contribution in [1.29, 1.82) is 0 Å². The van der Waals surface area contributed by atoms with Gasteiger partial charge in [-0.3, -0.25) is 9.69 Å². The maximum Gasteiger partial charge on any atom is 0.234 e. The smallest absolute Gasteiger partial charge is 0.234 e. The molecule has 0 aromatic rings. The van der Waals surface area contributed by atoms with Gasteiger partial charge < -0.3 is 5.32 Å². The predicted molar refractivity (Wildman–Crippen MR) is 37.6 cm³/mol. The monoisotopic (exact) mass is 140 g/mol. The van der Waals surface area contributed by atoms with E-state index in [1.165, 1.54) is 12.8 Å². The van der Waals surface area contributed by atoms with E-state index in [1.54, 1.807) is 0 Å². The van der Waals surface area contributed by atoms with Crippen LogP contribution >= 0.6 is 0 Å². The average molecular weight is 140 g/mol. The molecule has 3 heteroatoms. The van der Waals surface area contributed by atoms with Crippen LogP contribution in [0.1, 0.15) is 12.8 Å². The van der Waals surface area contributed by atoms with E-state index in [4.69, 9.17) is 0 Å². The van der Waals surface area contributed by atoms with Crippen molar-refractivity contribution in [2.45, 2.75) is 18.4 Å². The summed E-state index contributed by atoms with van der Waals surface area (Å²) in [5.74, 6) is 0.167. The summed E-state index contributed by atoms with van der Waals surface area (Å²) in [4.78, 5) is 13.0. The Kier molecular flexibility index (Phi) is 1.06. The summed E-state index contributed by atoms with van der Waals surface area (Å²) in [5.41, 5.74) is 0.369. The minimum absolute atomic E-state index is 0.167. The maximum atomic E-state index is 10.8. The van der Waals surface area contributed by atoms with Crippen LogP contribution in [-0.2, 0) is 4.79 Å². The number of amides is 1. The topological polar surface area (TPSA) is 32.3 Å². The Bertz CT molecular complexity index is 174. The number of nitrogens with one attached hydrogen (secondary N) is 1. The zero-order valence-electron chi connectivity index (χ0n) is 6.18. The first-order valence-electron chi connectivity index (χ1n) is 3.71. The Balaban J connectivity index is 2.07. The number of likely N-dealkylation sites (N-methyl/N-ethyl adjacent to an activating group) is 1.